The van der Waals surface area contributed by atoms with E-state index in [0.717, 1.165) is 16.5 Å². The molecule has 0 aromatic heterocycles. The van der Waals surface area contributed by atoms with E-state index < -0.39 is 43.6 Å². The van der Waals surface area contributed by atoms with Crippen LogP contribution in [0.4, 0.5) is 0 Å². The number of fused-ring (bicyclic) bond motifs is 1. The van der Waals surface area contributed by atoms with Crippen LogP contribution in [0.5, 0.6) is 5.75 Å². The third-order valence-corrected chi connectivity index (χ3v) is 8.10. The van der Waals surface area contributed by atoms with Crippen LogP contribution in [0.15, 0.2) is 66.7 Å². The van der Waals surface area contributed by atoms with E-state index >= 15 is 0 Å². The number of ether oxygens (including phenoxy) is 2. The summed E-state index contributed by atoms with van der Waals surface area (Å²) in [6, 6.07) is 19.6. The molecule has 224 valence electrons. The Kier molecular flexibility index (Phi) is 11.1. The topological polar surface area (TPSA) is 129 Å². The lowest BCUT2D eigenvalue weighted by Gasteiger charge is -2.33. The number of esters is 1. The number of carbonyl (C=O) groups is 1. The van der Waals surface area contributed by atoms with E-state index in [1.165, 1.54) is 7.11 Å². The molecule has 0 saturated heterocycles. The number of carbonyl (C=O) groups excluding carboxylic acids is 1. The van der Waals surface area contributed by atoms with Gasteiger partial charge in [-0.1, -0.05) is 66.2 Å². The molecule has 0 aliphatic heterocycles. The Bertz CT molecular complexity index is 1340. The highest BCUT2D eigenvalue weighted by Crippen LogP contribution is 2.47. The summed E-state index contributed by atoms with van der Waals surface area (Å²) in [5, 5.41) is 14.5. The molecule has 0 bridgehead atoms. The van der Waals surface area contributed by atoms with Gasteiger partial charge in [-0.05, 0) is 64.5 Å². The summed E-state index contributed by atoms with van der Waals surface area (Å²) >= 11 is 0. The van der Waals surface area contributed by atoms with Crippen molar-refractivity contribution in [2.75, 3.05) is 20.3 Å². The molecule has 0 amide bonds. The van der Waals surface area contributed by atoms with Crippen LogP contribution < -0.4 is 15.3 Å². The number of nitrogens with one attached hydrogen (secondary N) is 1. The lowest BCUT2D eigenvalue weighted by molar-refractivity contribution is -0.150. The zero-order chi connectivity index (χ0) is 30.3. The van der Waals surface area contributed by atoms with Crippen molar-refractivity contribution in [3.63, 3.8) is 0 Å². The summed E-state index contributed by atoms with van der Waals surface area (Å²) in [4.78, 5) is 12.9. The molecule has 41 heavy (non-hydrogen) atoms. The molecule has 2 unspecified atom stereocenters. The second kappa shape index (κ2) is 13.9. The Labute approximate surface area is 242 Å². The quantitative estimate of drug-likeness (QED) is 0.170. The van der Waals surface area contributed by atoms with Crippen LogP contribution in [-0.4, -0.2) is 54.7 Å². The highest BCUT2D eigenvalue weighted by atomic mass is 31.2. The summed E-state index contributed by atoms with van der Waals surface area (Å²) in [6.07, 6.45) is 0.159. The first-order valence-electron chi connectivity index (χ1n) is 13.7. The summed E-state index contributed by atoms with van der Waals surface area (Å²) in [6.45, 7) is 8.48. The van der Waals surface area contributed by atoms with Gasteiger partial charge >= 0.3 is 13.7 Å². The van der Waals surface area contributed by atoms with Gasteiger partial charge in [-0.25, -0.2) is 4.57 Å². The maximum Gasteiger partial charge on any atom is 0.459 e. The number of rotatable bonds is 14. The van der Waals surface area contributed by atoms with Crippen LogP contribution in [0.1, 0.15) is 45.2 Å². The first-order valence-corrected chi connectivity index (χ1v) is 15.2. The molecule has 0 aliphatic carbocycles. The van der Waals surface area contributed by atoms with Crippen molar-refractivity contribution < 1.29 is 33.0 Å². The Hall–Kier alpha value is -2.78. The number of benzene rings is 3. The Morgan fingerprint density at radius 2 is 1.71 bits per heavy atom. The molecular formula is C31H43N2O7P. The number of aryl methyl sites for hydroxylation is 2. The van der Waals surface area contributed by atoms with Crippen LogP contribution in [0.2, 0.25) is 0 Å². The Balaban J connectivity index is 1.91. The number of methoxy groups -OCH3 is 1. The lowest BCUT2D eigenvalue weighted by atomic mass is 9.94. The minimum atomic E-state index is -4.32. The summed E-state index contributed by atoms with van der Waals surface area (Å²) < 4.78 is 37.4. The summed E-state index contributed by atoms with van der Waals surface area (Å²) in [5.74, 6) is -0.411. The molecule has 0 radical (unpaired) electrons. The van der Waals surface area contributed by atoms with Crippen LogP contribution >= 0.6 is 7.75 Å². The molecule has 9 nitrogen and oxygen atoms in total. The van der Waals surface area contributed by atoms with E-state index in [4.69, 9.17) is 24.3 Å². The van der Waals surface area contributed by atoms with E-state index in [2.05, 4.69) is 5.09 Å². The monoisotopic (exact) mass is 586 g/mol. The van der Waals surface area contributed by atoms with Crippen LogP contribution in [0.3, 0.4) is 0 Å². The van der Waals surface area contributed by atoms with Gasteiger partial charge in [0.2, 0.25) is 0 Å². The van der Waals surface area contributed by atoms with E-state index in [1.807, 2.05) is 82.3 Å². The van der Waals surface area contributed by atoms with Gasteiger partial charge in [0.05, 0.1) is 37.6 Å². The fourth-order valence-corrected chi connectivity index (χ4v) is 6.01. The molecule has 0 aliphatic rings. The van der Waals surface area contributed by atoms with E-state index in [0.29, 0.717) is 24.0 Å². The second-order valence-corrected chi connectivity index (χ2v) is 13.1. The number of aliphatic hydroxyl groups is 1. The Morgan fingerprint density at radius 3 is 2.34 bits per heavy atom. The average molecular weight is 587 g/mol. The number of nitrogens with two attached hydrogens (primary N) is 1. The SMILES string of the molecule is COC(=O)[C@@H](NP(=O)(OCC(N)(CO)CCc1ccc(C)cc1)Oc1cccc2ccccc12)[C@@H](C)OC(C)(C)C. The molecule has 0 saturated carbocycles. The van der Waals surface area contributed by atoms with Gasteiger partial charge in [-0.2, -0.15) is 5.09 Å². The van der Waals surface area contributed by atoms with Gasteiger partial charge in [0.25, 0.3) is 0 Å². The second-order valence-electron chi connectivity index (χ2n) is 11.4. The molecule has 0 fully saturated rings. The molecule has 3 rings (SSSR count). The van der Waals surface area contributed by atoms with Gasteiger partial charge in [0.1, 0.15) is 11.8 Å². The molecule has 0 heterocycles. The normalized spacial score (nSPS) is 16.4. The van der Waals surface area contributed by atoms with E-state index in [9.17, 15) is 14.5 Å². The van der Waals surface area contributed by atoms with Crippen molar-refractivity contribution in [3.8, 4) is 5.75 Å². The molecular weight excluding hydrogens is 543 g/mol. The largest absolute Gasteiger partial charge is 0.468 e. The minimum Gasteiger partial charge on any atom is -0.468 e. The predicted molar refractivity (Wildman–Crippen MR) is 161 cm³/mol. The third-order valence-electron chi connectivity index (χ3n) is 6.60. The lowest BCUT2D eigenvalue weighted by Crippen LogP contribution is -2.50. The van der Waals surface area contributed by atoms with E-state index in [-0.39, 0.29) is 6.61 Å². The van der Waals surface area contributed by atoms with E-state index in [1.54, 1.807) is 19.1 Å². The molecule has 3 aromatic rings. The van der Waals surface area contributed by atoms with Crippen molar-refractivity contribution in [1.82, 2.24) is 5.09 Å². The van der Waals surface area contributed by atoms with Crippen molar-refractivity contribution in [2.45, 2.75) is 70.7 Å². The van der Waals surface area contributed by atoms with Gasteiger partial charge in [-0.3, -0.25) is 9.32 Å². The predicted octanol–water partition coefficient (Wildman–Crippen LogP) is 5.31. The number of aliphatic hydroxyl groups excluding tert-OH is 1. The van der Waals surface area contributed by atoms with Crippen LogP contribution in [0, 0.1) is 6.92 Å². The maximum atomic E-state index is 14.4. The standard InChI is InChI=1S/C31H43N2O7P/c1-22-14-16-24(17-15-22)18-19-31(32,20-34)21-38-41(36,33-28(29(35)37-6)23(2)39-30(3,4)5)40-27-13-9-11-25-10-7-8-12-26(25)27/h7-17,23,28,34H,18-21,32H2,1-6H3,(H,33,36)/t23-,28+,31?,41?/m1/s1. The molecule has 4 atom stereocenters. The van der Waals surface area contributed by atoms with Crippen LogP contribution in [-0.2, 0) is 29.8 Å². The van der Waals surface area contributed by atoms with Gasteiger partial charge < -0.3 is 24.8 Å². The summed E-state index contributed by atoms with van der Waals surface area (Å²) in [5.41, 5.74) is 6.88. The van der Waals surface area contributed by atoms with Crippen molar-refractivity contribution in [3.05, 3.63) is 77.9 Å². The fraction of sp³-hybridized carbons (Fsp3) is 0.452. The first kappa shape index (κ1) is 32.7. The summed E-state index contributed by atoms with van der Waals surface area (Å²) in [7, 11) is -3.09. The first-order chi connectivity index (χ1) is 19.3. The van der Waals surface area contributed by atoms with Crippen molar-refractivity contribution in [1.29, 1.82) is 0 Å². The smallest absolute Gasteiger partial charge is 0.459 e. The fourth-order valence-electron chi connectivity index (χ4n) is 4.33. The average Bonchev–Trinajstić information content (AvgIpc) is 2.93. The number of hydrogen-bond acceptors (Lipinski definition) is 8. The number of hydrogen-bond donors (Lipinski definition) is 3. The maximum absolute atomic E-state index is 14.4. The zero-order valence-corrected chi connectivity index (χ0v) is 25.6. The van der Waals surface area contributed by atoms with Gasteiger partial charge in [0, 0.05) is 5.39 Å². The highest BCUT2D eigenvalue weighted by molar-refractivity contribution is 7.52. The molecule has 10 heteroatoms. The van der Waals surface area contributed by atoms with Crippen LogP contribution in [0.25, 0.3) is 10.8 Å². The Morgan fingerprint density at radius 1 is 1.05 bits per heavy atom. The van der Waals surface area contributed by atoms with Crippen molar-refractivity contribution in [2.24, 2.45) is 5.73 Å². The third kappa shape index (κ3) is 9.64. The molecule has 0 spiro atoms. The highest BCUT2D eigenvalue weighted by Gasteiger charge is 2.41. The van der Waals surface area contributed by atoms with Crippen molar-refractivity contribution >= 4 is 24.5 Å². The van der Waals surface area contributed by atoms with Gasteiger partial charge in [0.15, 0.2) is 0 Å². The van der Waals surface area contributed by atoms with Gasteiger partial charge in [-0.15, -0.1) is 0 Å². The zero-order valence-electron chi connectivity index (χ0n) is 24.8. The molecule has 4 N–H and O–H groups in total. The minimum absolute atomic E-state index is 0.290. The molecule has 3 aromatic carbocycles.